The quantitative estimate of drug-likeness (QED) is 0.295. The zero-order valence-corrected chi connectivity index (χ0v) is 19.2. The Morgan fingerprint density at radius 1 is 0.806 bits per heavy atom. The highest BCUT2D eigenvalue weighted by Gasteiger charge is 2.44. The molecule has 0 bridgehead atoms. The van der Waals surface area contributed by atoms with Gasteiger partial charge in [-0.1, -0.05) is 48.5 Å². The van der Waals surface area contributed by atoms with Crippen LogP contribution in [0.25, 0.3) is 0 Å². The van der Waals surface area contributed by atoms with Gasteiger partial charge in [0.2, 0.25) is 12.2 Å². The van der Waals surface area contributed by atoms with Crippen molar-refractivity contribution < 1.29 is 39.5 Å². The number of hydrogen-bond acceptors (Lipinski definition) is 8. The molecule has 9 nitrogen and oxygen atoms in total. The van der Waals surface area contributed by atoms with Crippen LogP contribution in [0.3, 0.4) is 0 Å². The minimum absolute atomic E-state index is 0.0711. The van der Waals surface area contributed by atoms with E-state index in [1.165, 1.54) is 0 Å². The molecule has 5 N–H and O–H groups in total. The van der Waals surface area contributed by atoms with Crippen LogP contribution in [0, 0.1) is 0 Å². The lowest BCUT2D eigenvalue weighted by atomic mass is 9.99. The van der Waals surface area contributed by atoms with Crippen molar-refractivity contribution >= 4 is 17.4 Å². The summed E-state index contributed by atoms with van der Waals surface area (Å²) >= 11 is 0. The van der Waals surface area contributed by atoms with Crippen molar-refractivity contribution in [2.24, 2.45) is 0 Å². The number of hydrogen-bond donors (Lipinski definition) is 5. The number of ether oxygens (including phenoxy) is 2. The molecule has 3 aromatic carbocycles. The molecule has 0 saturated carbocycles. The molecule has 1 aliphatic heterocycles. The lowest BCUT2D eigenvalue weighted by molar-refractivity contribution is -0.277. The summed E-state index contributed by atoms with van der Waals surface area (Å²) in [6.07, 6.45) is -7.19. The summed E-state index contributed by atoms with van der Waals surface area (Å²) in [4.78, 5) is 25.3. The molecule has 1 aliphatic rings. The molecule has 4 rings (SSSR count). The van der Waals surface area contributed by atoms with Crippen molar-refractivity contribution in [3.05, 3.63) is 95.6 Å². The second kappa shape index (κ2) is 11.4. The van der Waals surface area contributed by atoms with Gasteiger partial charge in [-0.25, -0.2) is 0 Å². The highest BCUT2D eigenvalue weighted by atomic mass is 16.7. The fourth-order valence-corrected chi connectivity index (χ4v) is 3.89. The highest BCUT2D eigenvalue weighted by Crippen LogP contribution is 2.27. The third-order valence-corrected chi connectivity index (χ3v) is 5.88. The average molecular weight is 494 g/mol. The van der Waals surface area contributed by atoms with E-state index in [2.05, 4.69) is 5.32 Å². The molecule has 1 fully saturated rings. The first-order chi connectivity index (χ1) is 17.4. The number of carbonyl (C=O) groups is 2. The van der Waals surface area contributed by atoms with E-state index in [0.29, 0.717) is 22.4 Å². The molecule has 3 aromatic rings. The van der Waals surface area contributed by atoms with Gasteiger partial charge in [0.1, 0.15) is 30.2 Å². The van der Waals surface area contributed by atoms with Gasteiger partial charge < -0.3 is 35.2 Å². The molecular formula is C27H27NO8. The third-order valence-electron chi connectivity index (χ3n) is 5.88. The number of anilines is 1. The monoisotopic (exact) mass is 493 g/mol. The van der Waals surface area contributed by atoms with Crippen molar-refractivity contribution in [1.82, 2.24) is 0 Å². The summed E-state index contributed by atoms with van der Waals surface area (Å²) < 4.78 is 11.1. The van der Waals surface area contributed by atoms with E-state index in [1.807, 2.05) is 6.07 Å². The van der Waals surface area contributed by atoms with Crippen LogP contribution in [-0.4, -0.2) is 69.4 Å². The molecule has 0 radical (unpaired) electrons. The van der Waals surface area contributed by atoms with Crippen molar-refractivity contribution in [3.8, 4) is 5.75 Å². The molecule has 1 saturated heterocycles. The van der Waals surface area contributed by atoms with Crippen LogP contribution in [0.5, 0.6) is 5.75 Å². The smallest absolute Gasteiger partial charge is 0.229 e. The van der Waals surface area contributed by atoms with Crippen LogP contribution >= 0.6 is 0 Å². The van der Waals surface area contributed by atoms with Crippen molar-refractivity contribution in [2.45, 2.75) is 37.1 Å². The summed E-state index contributed by atoms with van der Waals surface area (Å²) in [6.45, 7) is -0.579. The molecule has 0 aromatic heterocycles. The fourth-order valence-electron chi connectivity index (χ4n) is 3.89. The van der Waals surface area contributed by atoms with E-state index in [4.69, 9.17) is 9.47 Å². The topological polar surface area (TPSA) is 146 Å². The van der Waals surface area contributed by atoms with Gasteiger partial charge in [-0.2, -0.15) is 0 Å². The highest BCUT2D eigenvalue weighted by molar-refractivity contribution is 6.09. The van der Waals surface area contributed by atoms with Crippen LogP contribution in [0.2, 0.25) is 0 Å². The molecule has 5 atom stereocenters. The Morgan fingerprint density at radius 3 is 2.14 bits per heavy atom. The second-order valence-corrected chi connectivity index (χ2v) is 8.42. The zero-order valence-electron chi connectivity index (χ0n) is 19.2. The number of ketones is 1. The van der Waals surface area contributed by atoms with Crippen LogP contribution in [-0.2, 0) is 16.0 Å². The second-order valence-electron chi connectivity index (χ2n) is 8.42. The van der Waals surface area contributed by atoms with Gasteiger partial charge in [-0.15, -0.1) is 0 Å². The molecule has 0 spiro atoms. The number of benzene rings is 3. The largest absolute Gasteiger partial charge is 0.462 e. The lowest BCUT2D eigenvalue weighted by Crippen LogP contribution is -2.60. The number of para-hydroxylation sites is 1. The summed E-state index contributed by atoms with van der Waals surface area (Å²) in [7, 11) is 0. The van der Waals surface area contributed by atoms with E-state index in [-0.39, 0.29) is 23.9 Å². The number of aliphatic hydroxyl groups is 4. The van der Waals surface area contributed by atoms with E-state index < -0.39 is 37.3 Å². The number of aliphatic hydroxyl groups excluding tert-OH is 4. The van der Waals surface area contributed by atoms with Crippen molar-refractivity contribution in [2.75, 3.05) is 11.9 Å². The van der Waals surface area contributed by atoms with E-state index >= 15 is 0 Å². The predicted octanol–water partition coefficient (Wildman–Crippen LogP) is 1.28. The molecular weight excluding hydrogens is 466 g/mol. The molecule has 9 heteroatoms. The van der Waals surface area contributed by atoms with E-state index in [0.717, 1.165) is 0 Å². The molecule has 0 aliphatic carbocycles. The number of rotatable bonds is 8. The maximum absolute atomic E-state index is 12.7. The van der Waals surface area contributed by atoms with E-state index in [9.17, 15) is 30.0 Å². The zero-order chi connectivity index (χ0) is 25.7. The Kier molecular flexibility index (Phi) is 8.09. The first kappa shape index (κ1) is 25.5. The maximum Gasteiger partial charge on any atom is 0.229 e. The molecule has 1 amide bonds. The molecule has 188 valence electrons. The van der Waals surface area contributed by atoms with Gasteiger partial charge in [0, 0.05) is 22.4 Å². The van der Waals surface area contributed by atoms with Gasteiger partial charge in [-0.05, 0) is 30.3 Å². The Morgan fingerprint density at radius 2 is 1.44 bits per heavy atom. The van der Waals surface area contributed by atoms with Crippen molar-refractivity contribution in [3.63, 3.8) is 0 Å². The minimum atomic E-state index is -1.58. The number of amides is 1. The van der Waals surface area contributed by atoms with Gasteiger partial charge in [-0.3, -0.25) is 9.59 Å². The maximum atomic E-state index is 12.7. The Balaban J connectivity index is 1.40. The average Bonchev–Trinajstić information content (AvgIpc) is 2.90. The van der Waals surface area contributed by atoms with Crippen LogP contribution in [0.4, 0.5) is 5.69 Å². The van der Waals surface area contributed by atoms with Crippen LogP contribution < -0.4 is 10.1 Å². The summed E-state index contributed by atoms with van der Waals surface area (Å²) in [5, 5.41) is 42.3. The van der Waals surface area contributed by atoms with Gasteiger partial charge in [0.15, 0.2) is 5.78 Å². The predicted molar refractivity (Wildman–Crippen MR) is 129 cm³/mol. The van der Waals surface area contributed by atoms with Crippen molar-refractivity contribution in [1.29, 1.82) is 0 Å². The Bertz CT molecular complexity index is 1180. The Hall–Kier alpha value is -3.60. The molecule has 5 unspecified atom stereocenters. The summed E-state index contributed by atoms with van der Waals surface area (Å²) in [6, 6.07) is 22.1. The number of nitrogens with one attached hydrogen (secondary N) is 1. The van der Waals surface area contributed by atoms with Crippen LogP contribution in [0.1, 0.15) is 21.5 Å². The first-order valence-electron chi connectivity index (χ1n) is 11.4. The summed E-state index contributed by atoms with van der Waals surface area (Å²) in [5.74, 6) is -0.226. The van der Waals surface area contributed by atoms with E-state index in [1.54, 1.807) is 72.8 Å². The summed E-state index contributed by atoms with van der Waals surface area (Å²) in [5.41, 5.74) is 2.07. The van der Waals surface area contributed by atoms with Gasteiger partial charge >= 0.3 is 0 Å². The molecule has 1 heterocycles. The SMILES string of the molecule is O=C(Cc1ccccc1OC1OC(CO)C(O)C(O)C1O)Nc1ccc(C(=O)c2ccccc2)cc1. The standard InChI is InChI=1S/C27H27NO8/c29-15-21-24(32)25(33)26(34)27(36-21)35-20-9-5-4-8-18(20)14-22(30)28-19-12-10-17(11-13-19)23(31)16-6-2-1-3-7-16/h1-13,21,24-27,29,32-34H,14-15H2,(H,28,30). The Labute approximate surface area is 207 Å². The first-order valence-corrected chi connectivity index (χ1v) is 11.4. The van der Waals surface area contributed by atoms with Gasteiger partial charge in [0.05, 0.1) is 13.0 Å². The minimum Gasteiger partial charge on any atom is -0.462 e. The lowest BCUT2D eigenvalue weighted by Gasteiger charge is -2.39. The normalized spacial score (nSPS) is 23.6. The van der Waals surface area contributed by atoms with Crippen LogP contribution in [0.15, 0.2) is 78.9 Å². The van der Waals surface area contributed by atoms with Gasteiger partial charge in [0.25, 0.3) is 0 Å². The number of carbonyl (C=O) groups excluding carboxylic acids is 2. The molecule has 36 heavy (non-hydrogen) atoms. The third kappa shape index (κ3) is 5.78. The fraction of sp³-hybridized carbons (Fsp3) is 0.259.